The number of nitrogens with zero attached hydrogens (tertiary/aromatic N) is 2. The zero-order chi connectivity index (χ0) is 9.07. The summed E-state index contributed by atoms with van der Waals surface area (Å²) in [6.45, 7) is 0.768. The average Bonchev–Trinajstić information content (AvgIpc) is 2.10. The molecule has 0 aliphatic rings. The molecule has 0 heterocycles. The molecule has 0 aromatic heterocycles. The van der Waals surface area contributed by atoms with Crippen molar-refractivity contribution in [1.29, 1.82) is 10.5 Å². The number of thiocyanates is 1. The number of ether oxygens (including phenoxy) is 1. The highest BCUT2D eigenvalue weighted by Crippen LogP contribution is 1.91. The largest absolute Gasteiger partial charge is 0.368 e. The van der Waals surface area contributed by atoms with E-state index in [0.29, 0.717) is 25.4 Å². The van der Waals surface area contributed by atoms with Crippen LogP contribution in [0.25, 0.3) is 0 Å². The van der Waals surface area contributed by atoms with Crippen molar-refractivity contribution in [3.8, 4) is 23.3 Å². The van der Waals surface area contributed by atoms with Crippen molar-refractivity contribution in [1.82, 2.24) is 0 Å². The minimum absolute atomic E-state index is 0.341. The molecule has 0 N–H and O–H groups in total. The van der Waals surface area contributed by atoms with Gasteiger partial charge >= 0.3 is 0 Å². The predicted molar refractivity (Wildman–Crippen MR) is 46.9 cm³/mol. The van der Waals surface area contributed by atoms with E-state index in [1.807, 2.05) is 11.5 Å². The lowest BCUT2D eigenvalue weighted by atomic mass is 10.5. The summed E-state index contributed by atoms with van der Waals surface area (Å²) >= 11 is 1.10. The van der Waals surface area contributed by atoms with Gasteiger partial charge in [-0.3, -0.25) is 0 Å². The van der Waals surface area contributed by atoms with Crippen molar-refractivity contribution in [2.45, 2.75) is 6.42 Å². The molecule has 0 amide bonds. The van der Waals surface area contributed by atoms with Gasteiger partial charge in [0, 0.05) is 0 Å². The molecule has 0 aliphatic heterocycles. The Kier molecular flexibility index (Phi) is 8.91. The number of hydrogen-bond donors (Lipinski definition) is 0. The van der Waals surface area contributed by atoms with Crippen LogP contribution in [0.4, 0.5) is 0 Å². The van der Waals surface area contributed by atoms with E-state index < -0.39 is 0 Å². The highest BCUT2D eigenvalue weighted by molar-refractivity contribution is 8.03. The first-order chi connectivity index (χ1) is 5.91. The maximum atomic E-state index is 8.13. The van der Waals surface area contributed by atoms with Crippen LogP contribution < -0.4 is 0 Å². The van der Waals surface area contributed by atoms with Crippen LogP contribution >= 0.6 is 11.8 Å². The van der Waals surface area contributed by atoms with Crippen LogP contribution in [0.3, 0.4) is 0 Å². The Labute approximate surface area is 76.3 Å². The first-order valence-corrected chi connectivity index (χ1v) is 4.31. The maximum Gasteiger partial charge on any atom is 0.134 e. The highest BCUT2D eigenvalue weighted by atomic mass is 32.2. The van der Waals surface area contributed by atoms with Crippen molar-refractivity contribution in [3.63, 3.8) is 0 Å². The lowest BCUT2D eigenvalue weighted by Gasteiger charge is -1.91. The molecule has 0 rings (SSSR count). The lowest BCUT2D eigenvalue weighted by Crippen LogP contribution is -1.92. The predicted octanol–water partition coefficient (Wildman–Crippen LogP) is 1.13. The first-order valence-electron chi connectivity index (χ1n) is 3.33. The molecular weight excluding hydrogens is 172 g/mol. The van der Waals surface area contributed by atoms with E-state index in [2.05, 4.69) is 11.8 Å². The van der Waals surface area contributed by atoms with E-state index >= 15 is 0 Å². The van der Waals surface area contributed by atoms with E-state index in [0.717, 1.165) is 11.8 Å². The molecule has 12 heavy (non-hydrogen) atoms. The molecule has 0 spiro atoms. The third-order valence-corrected chi connectivity index (χ3v) is 1.28. The number of thioether (sulfide) groups is 1. The summed E-state index contributed by atoms with van der Waals surface area (Å²) in [5.41, 5.74) is 0. The van der Waals surface area contributed by atoms with Crippen LogP contribution in [-0.2, 0) is 4.74 Å². The molecule has 4 heteroatoms. The summed E-state index contributed by atoms with van der Waals surface area (Å²) in [5, 5.41) is 18.2. The maximum absolute atomic E-state index is 8.13. The molecule has 0 aromatic carbocycles. The molecule has 0 fully saturated rings. The molecule has 0 radical (unpaired) electrons. The summed E-state index contributed by atoms with van der Waals surface area (Å²) < 4.78 is 4.97. The molecule has 0 saturated heterocycles. The fourth-order valence-electron chi connectivity index (χ4n) is 0.411. The summed E-state index contributed by atoms with van der Waals surface area (Å²) in [5.74, 6) is 5.98. The Bertz CT molecular complexity index is 240. The molecule has 0 saturated carbocycles. The minimum Gasteiger partial charge on any atom is -0.368 e. The van der Waals surface area contributed by atoms with Gasteiger partial charge in [0.1, 0.15) is 12.0 Å². The third kappa shape index (κ3) is 8.85. The zero-order valence-corrected chi connectivity index (χ0v) is 7.36. The van der Waals surface area contributed by atoms with Gasteiger partial charge < -0.3 is 4.74 Å². The third-order valence-electron chi connectivity index (χ3n) is 0.866. The summed E-state index contributed by atoms with van der Waals surface area (Å²) in [6.07, 6.45) is 0.397. The van der Waals surface area contributed by atoms with Gasteiger partial charge in [0.05, 0.1) is 24.8 Å². The molecule has 0 unspecified atom stereocenters. The quantitative estimate of drug-likeness (QED) is 0.370. The number of nitriles is 2. The first kappa shape index (κ1) is 10.8. The van der Waals surface area contributed by atoms with E-state index in [1.165, 1.54) is 0 Å². The van der Waals surface area contributed by atoms with E-state index in [-0.39, 0.29) is 0 Å². The van der Waals surface area contributed by atoms with E-state index in [1.54, 1.807) is 0 Å². The molecule has 3 nitrogen and oxygen atoms in total. The van der Waals surface area contributed by atoms with Gasteiger partial charge in [-0.15, -0.1) is 0 Å². The Morgan fingerprint density at radius 3 is 2.75 bits per heavy atom. The number of hydrogen-bond acceptors (Lipinski definition) is 4. The Balaban J connectivity index is 3.13. The van der Waals surface area contributed by atoms with Gasteiger partial charge in [0.25, 0.3) is 0 Å². The second-order valence-electron chi connectivity index (χ2n) is 1.69. The van der Waals surface area contributed by atoms with Gasteiger partial charge in [-0.1, -0.05) is 11.8 Å². The second-order valence-corrected chi connectivity index (χ2v) is 2.45. The molecule has 62 valence electrons. The van der Waals surface area contributed by atoms with Gasteiger partial charge in [0.2, 0.25) is 0 Å². The number of rotatable bonds is 4. The second kappa shape index (κ2) is 9.85. The average molecular weight is 180 g/mol. The molecule has 0 aliphatic carbocycles. The molecule has 0 atom stereocenters. The summed E-state index contributed by atoms with van der Waals surface area (Å²) in [6, 6.07) is 1.96. The van der Waals surface area contributed by atoms with Crippen LogP contribution in [0.2, 0.25) is 0 Å². The normalized spacial score (nSPS) is 7.50. The van der Waals surface area contributed by atoms with Crippen molar-refractivity contribution in [2.24, 2.45) is 0 Å². The van der Waals surface area contributed by atoms with Gasteiger partial charge in [-0.05, 0) is 11.8 Å². The van der Waals surface area contributed by atoms with Crippen molar-refractivity contribution >= 4 is 11.8 Å². The van der Waals surface area contributed by atoms with E-state index in [4.69, 9.17) is 15.3 Å². The van der Waals surface area contributed by atoms with Crippen molar-refractivity contribution in [2.75, 3.05) is 19.0 Å². The topological polar surface area (TPSA) is 56.8 Å². The van der Waals surface area contributed by atoms with Crippen molar-refractivity contribution in [3.05, 3.63) is 0 Å². The minimum atomic E-state index is 0.341. The van der Waals surface area contributed by atoms with E-state index in [9.17, 15) is 0 Å². The van der Waals surface area contributed by atoms with Crippen LogP contribution in [0, 0.1) is 33.8 Å². The van der Waals surface area contributed by atoms with Crippen LogP contribution in [0.5, 0.6) is 0 Å². The standard InChI is InChI=1S/C8H8N2OS/c9-4-3-6-11-5-1-2-7-12-8-10/h3,5-7H2. The monoisotopic (exact) mass is 180 g/mol. The summed E-state index contributed by atoms with van der Waals surface area (Å²) in [7, 11) is 0. The molecule has 0 bridgehead atoms. The lowest BCUT2D eigenvalue weighted by molar-refractivity contribution is 0.173. The summed E-state index contributed by atoms with van der Waals surface area (Å²) in [4.78, 5) is 0. The van der Waals surface area contributed by atoms with Crippen LogP contribution in [-0.4, -0.2) is 19.0 Å². The highest BCUT2D eigenvalue weighted by Gasteiger charge is 1.81. The molecule has 0 aromatic rings. The smallest absolute Gasteiger partial charge is 0.134 e. The van der Waals surface area contributed by atoms with Crippen LogP contribution in [0.15, 0.2) is 0 Å². The Hall–Kier alpha value is -1.15. The van der Waals surface area contributed by atoms with Gasteiger partial charge in [0.15, 0.2) is 0 Å². The SMILES string of the molecule is N#CCCOCC#CCSC#N. The van der Waals surface area contributed by atoms with Crippen molar-refractivity contribution < 1.29 is 4.74 Å². The molecular formula is C8H8N2OS. The Morgan fingerprint density at radius 1 is 1.25 bits per heavy atom. The zero-order valence-electron chi connectivity index (χ0n) is 6.54. The fraction of sp³-hybridized carbons (Fsp3) is 0.500. The fourth-order valence-corrected chi connectivity index (χ4v) is 0.650. The van der Waals surface area contributed by atoms with Gasteiger partial charge in [-0.25, -0.2) is 0 Å². The van der Waals surface area contributed by atoms with Gasteiger partial charge in [-0.2, -0.15) is 10.5 Å². The van der Waals surface area contributed by atoms with Crippen LogP contribution in [0.1, 0.15) is 6.42 Å². The Morgan fingerprint density at radius 2 is 2.08 bits per heavy atom.